The van der Waals surface area contributed by atoms with Crippen LogP contribution in [0.15, 0.2) is 11.4 Å². The van der Waals surface area contributed by atoms with E-state index in [0.29, 0.717) is 6.54 Å². The zero-order valence-corrected chi connectivity index (χ0v) is 12.9. The fourth-order valence-electron chi connectivity index (χ4n) is 2.09. The van der Waals surface area contributed by atoms with Crippen LogP contribution in [0.3, 0.4) is 0 Å². The van der Waals surface area contributed by atoms with Crippen molar-refractivity contribution in [3.63, 3.8) is 0 Å². The lowest BCUT2D eigenvalue weighted by molar-refractivity contribution is 0.296. The predicted octanol–water partition coefficient (Wildman–Crippen LogP) is 2.71. The molecule has 1 atom stereocenters. The molecular formula is C14H19N5S. The Morgan fingerprint density at radius 2 is 2.30 bits per heavy atom. The Bertz CT molecular complexity index is 616. The molecule has 0 aliphatic rings. The van der Waals surface area contributed by atoms with Gasteiger partial charge in [-0.05, 0) is 32.3 Å². The Kier molecular flexibility index (Phi) is 4.88. The largest absolute Gasteiger partial charge is 0.370 e. The van der Waals surface area contributed by atoms with Crippen molar-refractivity contribution in [1.29, 1.82) is 5.26 Å². The van der Waals surface area contributed by atoms with Gasteiger partial charge in [0.2, 0.25) is 0 Å². The minimum atomic E-state index is 0.0127. The molecule has 0 aromatic carbocycles. The average Bonchev–Trinajstić information content (AvgIpc) is 2.87. The summed E-state index contributed by atoms with van der Waals surface area (Å²) in [5.41, 5.74) is 0. The van der Waals surface area contributed by atoms with Crippen LogP contribution in [-0.2, 0) is 6.54 Å². The number of hydrogen-bond donors (Lipinski definition) is 1. The van der Waals surface area contributed by atoms with E-state index in [1.165, 1.54) is 0 Å². The van der Waals surface area contributed by atoms with Gasteiger partial charge in [0, 0.05) is 13.1 Å². The van der Waals surface area contributed by atoms with E-state index in [9.17, 15) is 0 Å². The molecule has 0 saturated heterocycles. The zero-order valence-electron chi connectivity index (χ0n) is 12.1. The Morgan fingerprint density at radius 1 is 1.50 bits per heavy atom. The molecule has 0 spiro atoms. The molecule has 0 bridgehead atoms. The SMILES string of the molecule is CCNc1nc(CN(C)CC(C)C#N)nc2sccc12. The second-order valence-corrected chi connectivity index (χ2v) is 5.78. The minimum Gasteiger partial charge on any atom is -0.370 e. The van der Waals surface area contributed by atoms with Gasteiger partial charge in [0.05, 0.1) is 23.9 Å². The lowest BCUT2D eigenvalue weighted by Gasteiger charge is -2.17. The van der Waals surface area contributed by atoms with Crippen LogP contribution in [0.5, 0.6) is 0 Å². The van der Waals surface area contributed by atoms with Crippen LogP contribution in [0.2, 0.25) is 0 Å². The summed E-state index contributed by atoms with van der Waals surface area (Å²) in [6.45, 7) is 6.18. The van der Waals surface area contributed by atoms with Gasteiger partial charge in [-0.3, -0.25) is 4.90 Å². The number of rotatable bonds is 6. The van der Waals surface area contributed by atoms with Gasteiger partial charge < -0.3 is 5.32 Å². The molecule has 6 heteroatoms. The van der Waals surface area contributed by atoms with Crippen molar-refractivity contribution in [2.45, 2.75) is 20.4 Å². The highest BCUT2D eigenvalue weighted by Gasteiger charge is 2.11. The van der Waals surface area contributed by atoms with Crippen molar-refractivity contribution in [3.05, 3.63) is 17.3 Å². The van der Waals surface area contributed by atoms with E-state index in [2.05, 4.69) is 33.2 Å². The number of nitrogens with one attached hydrogen (secondary N) is 1. The first-order valence-corrected chi connectivity index (χ1v) is 7.58. The summed E-state index contributed by atoms with van der Waals surface area (Å²) in [7, 11) is 1.99. The number of nitrogens with zero attached hydrogens (tertiary/aromatic N) is 4. The lowest BCUT2D eigenvalue weighted by atomic mass is 10.2. The summed E-state index contributed by atoms with van der Waals surface area (Å²) < 4.78 is 0. The Labute approximate surface area is 123 Å². The first-order valence-electron chi connectivity index (χ1n) is 6.70. The number of nitriles is 1. The van der Waals surface area contributed by atoms with Gasteiger partial charge in [0.25, 0.3) is 0 Å². The molecule has 2 aromatic rings. The molecule has 0 radical (unpaired) electrons. The molecule has 2 aromatic heterocycles. The second kappa shape index (κ2) is 6.64. The molecule has 0 amide bonds. The fourth-order valence-corrected chi connectivity index (χ4v) is 2.87. The van der Waals surface area contributed by atoms with Gasteiger partial charge in [-0.15, -0.1) is 11.3 Å². The van der Waals surface area contributed by atoms with E-state index in [-0.39, 0.29) is 5.92 Å². The van der Waals surface area contributed by atoms with Crippen LogP contribution in [-0.4, -0.2) is 35.0 Å². The van der Waals surface area contributed by atoms with E-state index >= 15 is 0 Å². The summed E-state index contributed by atoms with van der Waals surface area (Å²) in [6, 6.07) is 4.29. The molecule has 20 heavy (non-hydrogen) atoms. The molecule has 0 saturated carbocycles. The third kappa shape index (κ3) is 3.44. The third-order valence-electron chi connectivity index (χ3n) is 2.93. The molecule has 1 unspecified atom stereocenters. The molecule has 2 rings (SSSR count). The van der Waals surface area contributed by atoms with Gasteiger partial charge in [0.1, 0.15) is 16.5 Å². The van der Waals surface area contributed by atoms with Crippen LogP contribution in [0.4, 0.5) is 5.82 Å². The maximum atomic E-state index is 8.86. The molecule has 0 fully saturated rings. The van der Waals surface area contributed by atoms with Crippen molar-refractivity contribution < 1.29 is 0 Å². The molecule has 1 N–H and O–H groups in total. The predicted molar refractivity (Wildman–Crippen MR) is 82.7 cm³/mol. The van der Waals surface area contributed by atoms with Gasteiger partial charge >= 0.3 is 0 Å². The average molecular weight is 289 g/mol. The van der Waals surface area contributed by atoms with Crippen molar-refractivity contribution >= 4 is 27.4 Å². The van der Waals surface area contributed by atoms with Crippen molar-refractivity contribution in [3.8, 4) is 6.07 Å². The number of fused-ring (bicyclic) bond motifs is 1. The van der Waals surface area contributed by atoms with E-state index in [1.807, 2.05) is 25.4 Å². The van der Waals surface area contributed by atoms with Crippen LogP contribution in [0.25, 0.3) is 10.2 Å². The second-order valence-electron chi connectivity index (χ2n) is 4.89. The quantitative estimate of drug-likeness (QED) is 0.885. The highest BCUT2D eigenvalue weighted by molar-refractivity contribution is 7.16. The highest BCUT2D eigenvalue weighted by atomic mass is 32.1. The molecule has 106 valence electrons. The number of hydrogen-bond acceptors (Lipinski definition) is 6. The number of thiophene rings is 1. The Morgan fingerprint density at radius 3 is 3.00 bits per heavy atom. The number of aromatic nitrogens is 2. The van der Waals surface area contributed by atoms with E-state index in [0.717, 1.165) is 34.9 Å². The first kappa shape index (κ1) is 14.7. The standard InChI is InChI=1S/C14H19N5S/c1-4-16-13-11-5-6-20-14(11)18-12(17-13)9-19(3)8-10(2)7-15/h5-6,10H,4,8-9H2,1-3H3,(H,16,17,18). The Hall–Kier alpha value is -1.71. The van der Waals surface area contributed by atoms with Crippen LogP contribution >= 0.6 is 11.3 Å². The summed E-state index contributed by atoms with van der Waals surface area (Å²) >= 11 is 1.63. The smallest absolute Gasteiger partial charge is 0.146 e. The normalized spacial score (nSPS) is 12.6. The minimum absolute atomic E-state index is 0.0127. The lowest BCUT2D eigenvalue weighted by Crippen LogP contribution is -2.24. The summed E-state index contributed by atoms with van der Waals surface area (Å²) in [6.07, 6.45) is 0. The van der Waals surface area contributed by atoms with Crippen molar-refractivity contribution in [1.82, 2.24) is 14.9 Å². The van der Waals surface area contributed by atoms with Crippen LogP contribution in [0, 0.1) is 17.2 Å². The fraction of sp³-hybridized carbons (Fsp3) is 0.500. The van der Waals surface area contributed by atoms with Gasteiger partial charge in [-0.2, -0.15) is 5.26 Å². The van der Waals surface area contributed by atoms with Gasteiger partial charge in [-0.1, -0.05) is 0 Å². The first-order chi connectivity index (χ1) is 9.63. The maximum absolute atomic E-state index is 8.86. The van der Waals surface area contributed by atoms with Gasteiger partial charge in [0.15, 0.2) is 0 Å². The van der Waals surface area contributed by atoms with E-state index < -0.39 is 0 Å². The zero-order chi connectivity index (χ0) is 14.5. The summed E-state index contributed by atoms with van der Waals surface area (Å²) in [5, 5.41) is 15.3. The molecular weight excluding hydrogens is 270 g/mol. The third-order valence-corrected chi connectivity index (χ3v) is 3.74. The van der Waals surface area contributed by atoms with Crippen LogP contribution < -0.4 is 5.32 Å². The van der Waals surface area contributed by atoms with Crippen molar-refractivity contribution in [2.75, 3.05) is 25.5 Å². The van der Waals surface area contributed by atoms with Crippen LogP contribution in [0.1, 0.15) is 19.7 Å². The Balaban J connectivity index is 2.19. The molecule has 2 heterocycles. The van der Waals surface area contributed by atoms with E-state index in [1.54, 1.807) is 11.3 Å². The molecule has 0 aliphatic heterocycles. The number of anilines is 1. The molecule has 5 nitrogen and oxygen atoms in total. The topological polar surface area (TPSA) is 64.8 Å². The summed E-state index contributed by atoms with van der Waals surface area (Å²) in [5.74, 6) is 1.71. The highest BCUT2D eigenvalue weighted by Crippen LogP contribution is 2.25. The van der Waals surface area contributed by atoms with E-state index in [4.69, 9.17) is 5.26 Å². The molecule has 0 aliphatic carbocycles. The summed E-state index contributed by atoms with van der Waals surface area (Å²) in [4.78, 5) is 12.3. The van der Waals surface area contributed by atoms with Gasteiger partial charge in [-0.25, -0.2) is 9.97 Å². The van der Waals surface area contributed by atoms with Crippen molar-refractivity contribution in [2.24, 2.45) is 5.92 Å². The monoisotopic (exact) mass is 289 g/mol. The maximum Gasteiger partial charge on any atom is 0.146 e.